The molecular weight excluding hydrogens is 1010 g/mol. The van der Waals surface area contributed by atoms with Crippen molar-refractivity contribution >= 4 is 60.9 Å². The van der Waals surface area contributed by atoms with E-state index >= 15 is 0 Å². The zero-order valence-electron chi connectivity index (χ0n) is 48.7. The van der Waals surface area contributed by atoms with E-state index in [0.717, 1.165) is 62.7 Å². The van der Waals surface area contributed by atoms with Crippen LogP contribution in [0.25, 0.3) is 0 Å². The summed E-state index contributed by atoms with van der Waals surface area (Å²) >= 11 is 0. The lowest BCUT2D eigenvalue weighted by Crippen LogP contribution is -2.50. The third-order valence-corrected chi connectivity index (χ3v) is 28.5. The second-order valence-corrected chi connectivity index (χ2v) is 40.1. The lowest BCUT2D eigenvalue weighted by molar-refractivity contribution is -0.150. The minimum atomic E-state index is -1.95. The molecule has 0 aromatic rings. The van der Waals surface area contributed by atoms with Gasteiger partial charge in [0.25, 0.3) is 0 Å². The molecule has 0 aliphatic heterocycles. The van der Waals surface area contributed by atoms with E-state index in [-0.39, 0.29) is 91.3 Å². The molecule has 3 amide bonds. The number of nitrogens with one attached hydrogen (secondary N) is 3. The predicted molar refractivity (Wildman–Crippen MR) is 298 cm³/mol. The minimum Gasteiger partial charge on any atom is -0.462 e. The van der Waals surface area contributed by atoms with Crippen molar-refractivity contribution in [2.75, 3.05) is 72.6 Å². The van der Waals surface area contributed by atoms with Gasteiger partial charge in [-0.3, -0.25) is 4.79 Å². The van der Waals surface area contributed by atoms with E-state index in [2.05, 4.69) is 110 Å². The Labute approximate surface area is 453 Å². The number of hydrogen-bond donors (Lipinski definition) is 3. The van der Waals surface area contributed by atoms with Crippen molar-refractivity contribution in [1.29, 1.82) is 0 Å². The number of rotatable bonds is 33. The van der Waals surface area contributed by atoms with Gasteiger partial charge < -0.3 is 58.0 Å². The van der Waals surface area contributed by atoms with E-state index in [1.54, 1.807) is 13.8 Å². The Morgan fingerprint density at radius 2 is 0.947 bits per heavy atom. The van der Waals surface area contributed by atoms with Gasteiger partial charge in [0.1, 0.15) is 39.6 Å². The van der Waals surface area contributed by atoms with Crippen LogP contribution in [0.2, 0.25) is 57.0 Å². The minimum absolute atomic E-state index is 0.00311. The average Bonchev–Trinajstić information content (AvgIpc) is 3.24. The fraction of sp³-hybridized carbons (Fsp3) is 0.815. The third-order valence-electron chi connectivity index (χ3n) is 13.5. The first-order valence-corrected chi connectivity index (χ1v) is 36.7. The quantitative estimate of drug-likeness (QED) is 0.0183. The van der Waals surface area contributed by atoms with Crippen LogP contribution in [0, 0.1) is 21.7 Å². The molecule has 4 unspecified atom stereocenters. The Morgan fingerprint density at radius 3 is 1.45 bits per heavy atom. The molecule has 0 bridgehead atoms. The lowest BCUT2D eigenvalue weighted by atomic mass is 9.61. The van der Waals surface area contributed by atoms with Gasteiger partial charge >= 0.3 is 36.2 Å². The van der Waals surface area contributed by atoms with Crippen LogP contribution in [0.3, 0.4) is 0 Å². The average molecular weight is 1110 g/mol. The molecule has 2 aliphatic carbocycles. The van der Waals surface area contributed by atoms with Crippen molar-refractivity contribution in [3.63, 3.8) is 0 Å². The molecule has 2 saturated carbocycles. The Kier molecular flexibility index (Phi) is 27.8. The van der Waals surface area contributed by atoms with Gasteiger partial charge in [-0.15, -0.1) is 0 Å². The highest BCUT2D eigenvalue weighted by Gasteiger charge is 2.44. The van der Waals surface area contributed by atoms with Crippen LogP contribution in [0.5, 0.6) is 0 Å². The van der Waals surface area contributed by atoms with Gasteiger partial charge in [-0.1, -0.05) is 73.8 Å². The number of carbonyl (C=O) groups excluding carboxylic acids is 6. The maximum atomic E-state index is 12.8. The highest BCUT2D eigenvalue weighted by molar-refractivity contribution is 6.96. The van der Waals surface area contributed by atoms with Crippen LogP contribution in [-0.2, 0) is 56.4 Å². The molecule has 4 atom stereocenters. The van der Waals surface area contributed by atoms with Crippen LogP contribution in [0.4, 0.5) is 14.4 Å². The van der Waals surface area contributed by atoms with Crippen molar-refractivity contribution in [2.24, 2.45) is 21.7 Å². The fourth-order valence-corrected chi connectivity index (χ4v) is 31.1. The SMILES string of the molecule is C=C(C)C(=O)OCCOC(=O)CCC1(C)CC(NC(=O)OCCOCCC[Si](C)(C)O[Si](C)(C)C[Si](C)(C)CCCOCCOC(=O)NC2CC(C)(C)CC(C)(CNC(=O)OCCOC(=O)C(=C)C)C2)CC(C)(C)C1. The first kappa shape index (κ1) is 67.3. The molecule has 75 heavy (non-hydrogen) atoms. The van der Waals surface area contributed by atoms with Crippen LogP contribution >= 0.6 is 0 Å². The molecule has 2 aliphatic rings. The van der Waals surface area contributed by atoms with E-state index in [1.165, 1.54) is 0 Å². The molecule has 0 spiro atoms. The second-order valence-electron chi connectivity index (χ2n) is 25.5. The van der Waals surface area contributed by atoms with Gasteiger partial charge in [-0.25, -0.2) is 24.0 Å². The predicted octanol–water partition coefficient (Wildman–Crippen LogP) is 10.4. The van der Waals surface area contributed by atoms with Crippen LogP contribution < -0.4 is 16.0 Å². The van der Waals surface area contributed by atoms with Crippen molar-refractivity contribution in [3.8, 4) is 0 Å². The van der Waals surface area contributed by atoms with Crippen molar-refractivity contribution in [2.45, 2.75) is 189 Å². The molecule has 21 heteroatoms. The fourth-order valence-electron chi connectivity index (χ4n) is 11.8. The van der Waals surface area contributed by atoms with Gasteiger partial charge in [0.15, 0.2) is 16.6 Å². The maximum absolute atomic E-state index is 12.8. The van der Waals surface area contributed by atoms with Crippen molar-refractivity contribution < 1.29 is 70.8 Å². The molecule has 0 radical (unpaired) electrons. The number of esters is 3. The number of amides is 3. The number of ether oxygens (including phenoxy) is 8. The molecular formula is C54H99N3O15Si3. The van der Waals surface area contributed by atoms with Crippen LogP contribution in [0.15, 0.2) is 24.3 Å². The van der Waals surface area contributed by atoms with Gasteiger partial charge in [-0.2, -0.15) is 0 Å². The first-order valence-electron chi connectivity index (χ1n) is 27.1. The van der Waals surface area contributed by atoms with E-state index < -0.39 is 54.9 Å². The van der Waals surface area contributed by atoms with E-state index in [0.29, 0.717) is 51.4 Å². The van der Waals surface area contributed by atoms with E-state index in [9.17, 15) is 28.8 Å². The summed E-state index contributed by atoms with van der Waals surface area (Å²) in [4.78, 5) is 73.4. The Balaban J connectivity index is 1.61. The normalized spacial score (nSPS) is 21.4. The molecule has 2 rings (SSSR count). The van der Waals surface area contributed by atoms with E-state index in [4.69, 9.17) is 42.0 Å². The lowest BCUT2D eigenvalue weighted by Gasteiger charge is -2.46. The van der Waals surface area contributed by atoms with Gasteiger partial charge in [0.2, 0.25) is 0 Å². The highest BCUT2D eigenvalue weighted by Crippen LogP contribution is 2.49. The standard InChI is InChI=1S/C54H99N3O15Si3/c1-41(2)46(59)67-28-27-66-45(58)19-20-53(9)35-43(33-51(5,6)37-53)56-49(62)70-26-24-65-22-18-32-74(13,14)72-75(15,16)40-73(11,12)31-17-21-64-23-25-71-50(63)57-44-34-52(7,8)38-54(10,36-44)39-55-48(61)69-30-29-68-47(60)42(3)4/h43-44H,1,3,17-40H2,2,4-16H3,(H,55,61)(H,56,62)(H,57,63). The Morgan fingerprint density at radius 1 is 0.520 bits per heavy atom. The molecule has 0 saturated heterocycles. The number of hydrogen-bond acceptors (Lipinski definition) is 15. The molecule has 18 nitrogen and oxygen atoms in total. The number of carbonyl (C=O) groups is 6. The van der Waals surface area contributed by atoms with Gasteiger partial charge in [0.05, 0.1) is 13.2 Å². The maximum Gasteiger partial charge on any atom is 0.407 e. The summed E-state index contributed by atoms with van der Waals surface area (Å²) in [5.41, 5.74) is 1.14. The largest absolute Gasteiger partial charge is 0.462 e. The zero-order chi connectivity index (χ0) is 56.7. The molecule has 0 heterocycles. The summed E-state index contributed by atoms with van der Waals surface area (Å²) in [5.74, 6) is -1.39. The van der Waals surface area contributed by atoms with Crippen molar-refractivity contribution in [3.05, 3.63) is 24.3 Å². The highest BCUT2D eigenvalue weighted by atomic mass is 28.4. The van der Waals surface area contributed by atoms with Gasteiger partial charge in [0, 0.05) is 57.5 Å². The van der Waals surface area contributed by atoms with Gasteiger partial charge in [-0.05, 0) is 131 Å². The third kappa shape index (κ3) is 30.1. The summed E-state index contributed by atoms with van der Waals surface area (Å²) in [5, 5.41) is 8.92. The second kappa shape index (κ2) is 31.0. The molecule has 0 aromatic carbocycles. The van der Waals surface area contributed by atoms with Crippen LogP contribution in [0.1, 0.15) is 120 Å². The smallest absolute Gasteiger partial charge is 0.407 e. The molecule has 3 N–H and O–H groups in total. The topological polar surface area (TPSA) is 222 Å². The zero-order valence-corrected chi connectivity index (χ0v) is 51.7. The summed E-state index contributed by atoms with van der Waals surface area (Å²) < 4.78 is 50.1. The Hall–Kier alpha value is -3.77. The number of alkyl carbamates (subject to hydrolysis) is 3. The first-order chi connectivity index (χ1) is 34.6. The monoisotopic (exact) mass is 1110 g/mol. The summed E-state index contributed by atoms with van der Waals surface area (Å²) in [6.07, 6.45) is 5.85. The van der Waals surface area contributed by atoms with Crippen molar-refractivity contribution in [1.82, 2.24) is 16.0 Å². The molecule has 432 valence electrons. The Bertz CT molecular complexity index is 1770. The summed E-state index contributed by atoms with van der Waals surface area (Å²) in [7, 11) is -5.47. The van der Waals surface area contributed by atoms with E-state index in [1.807, 2.05) is 0 Å². The molecule has 0 aromatic heterocycles. The van der Waals surface area contributed by atoms with Crippen LogP contribution in [-0.4, -0.2) is 146 Å². The summed E-state index contributed by atoms with van der Waals surface area (Å²) in [6, 6.07) is 1.88. The molecule has 2 fully saturated rings. The summed E-state index contributed by atoms with van der Waals surface area (Å²) in [6.45, 7) is 39.6.